The molecule has 2 aromatic carbocycles. The Kier molecular flexibility index (Phi) is 7.47. The predicted molar refractivity (Wildman–Crippen MR) is 104 cm³/mol. The first-order chi connectivity index (χ1) is 13.8. The van der Waals surface area contributed by atoms with Crippen molar-refractivity contribution in [2.75, 3.05) is 0 Å². The smallest absolute Gasteiger partial charge is 0.327 e. The summed E-state index contributed by atoms with van der Waals surface area (Å²) in [6.45, 7) is 1.98. The van der Waals surface area contributed by atoms with Crippen molar-refractivity contribution in [1.82, 2.24) is 10.2 Å². The van der Waals surface area contributed by atoms with Crippen LogP contribution in [-0.2, 0) is 27.3 Å². The van der Waals surface area contributed by atoms with Gasteiger partial charge >= 0.3 is 18.0 Å². The molecule has 8 nitrogen and oxygen atoms in total. The molecule has 2 rings (SSSR count). The Morgan fingerprint density at radius 3 is 2.10 bits per heavy atom. The summed E-state index contributed by atoms with van der Waals surface area (Å²) in [5, 5.41) is 21.1. The van der Waals surface area contributed by atoms with Crippen LogP contribution in [0.4, 0.5) is 4.79 Å². The van der Waals surface area contributed by atoms with Crippen molar-refractivity contribution < 1.29 is 29.4 Å². The Morgan fingerprint density at radius 2 is 1.55 bits per heavy atom. The standard InChI is InChI=1S/C21H22N2O6/c1-14-7-9-16(10-8-14)13-22-21(29)23(18(24)12-19(25)26)17(20(27)28)11-15-5-3-2-4-6-15/h2-10,17H,11-13H2,1H3,(H,22,29)(H,25,26)(H,27,28)/t17-/m0/s1. The number of carboxylic acids is 2. The molecular formula is C21H22N2O6. The molecule has 0 saturated carbocycles. The van der Waals surface area contributed by atoms with E-state index in [0.29, 0.717) is 10.5 Å². The Morgan fingerprint density at radius 1 is 0.931 bits per heavy atom. The molecule has 0 heterocycles. The molecule has 1 atom stereocenters. The Bertz CT molecular complexity index is 880. The van der Waals surface area contributed by atoms with Gasteiger partial charge in [0.1, 0.15) is 12.5 Å². The van der Waals surface area contributed by atoms with Crippen molar-refractivity contribution in [3.63, 3.8) is 0 Å². The average Bonchev–Trinajstić information content (AvgIpc) is 2.67. The fraction of sp³-hybridized carbons (Fsp3) is 0.238. The van der Waals surface area contributed by atoms with E-state index in [9.17, 15) is 24.3 Å². The van der Waals surface area contributed by atoms with Crippen LogP contribution in [0.5, 0.6) is 0 Å². The maximum atomic E-state index is 12.7. The summed E-state index contributed by atoms with van der Waals surface area (Å²) in [5.41, 5.74) is 2.39. The number of benzene rings is 2. The lowest BCUT2D eigenvalue weighted by atomic mass is 10.0. The Labute approximate surface area is 167 Å². The van der Waals surface area contributed by atoms with Gasteiger partial charge in [0, 0.05) is 13.0 Å². The van der Waals surface area contributed by atoms with Gasteiger partial charge in [0.05, 0.1) is 0 Å². The molecule has 3 amide bonds. The number of carboxylic acid groups (broad SMARTS) is 2. The summed E-state index contributed by atoms with van der Waals surface area (Å²) in [5.74, 6) is -3.95. The van der Waals surface area contributed by atoms with Crippen LogP contribution in [0.25, 0.3) is 0 Å². The molecule has 0 fully saturated rings. The Balaban J connectivity index is 2.24. The number of aliphatic carboxylic acids is 2. The van der Waals surface area contributed by atoms with Gasteiger partial charge in [0.2, 0.25) is 5.91 Å². The summed E-state index contributed by atoms with van der Waals surface area (Å²) in [7, 11) is 0. The highest BCUT2D eigenvalue weighted by Crippen LogP contribution is 2.13. The zero-order chi connectivity index (χ0) is 21.4. The number of hydrogen-bond donors (Lipinski definition) is 3. The van der Waals surface area contributed by atoms with Gasteiger partial charge in [-0.15, -0.1) is 0 Å². The summed E-state index contributed by atoms with van der Waals surface area (Å²) >= 11 is 0. The van der Waals surface area contributed by atoms with Crippen molar-refractivity contribution in [2.45, 2.75) is 32.4 Å². The lowest BCUT2D eigenvalue weighted by molar-refractivity contribution is -0.151. The van der Waals surface area contributed by atoms with E-state index < -0.39 is 36.3 Å². The van der Waals surface area contributed by atoms with Crippen LogP contribution in [-0.4, -0.2) is 45.0 Å². The van der Waals surface area contributed by atoms with Crippen molar-refractivity contribution in [1.29, 1.82) is 0 Å². The van der Waals surface area contributed by atoms with Crippen LogP contribution in [0.2, 0.25) is 0 Å². The molecule has 0 aliphatic carbocycles. The van der Waals surface area contributed by atoms with E-state index in [0.717, 1.165) is 11.1 Å². The number of imide groups is 1. The fourth-order valence-electron chi connectivity index (χ4n) is 2.74. The third-order valence-electron chi connectivity index (χ3n) is 4.22. The van der Waals surface area contributed by atoms with Crippen LogP contribution in [0.15, 0.2) is 54.6 Å². The number of hydrogen-bond acceptors (Lipinski definition) is 4. The van der Waals surface area contributed by atoms with E-state index in [-0.39, 0.29) is 13.0 Å². The van der Waals surface area contributed by atoms with Gasteiger partial charge in [-0.1, -0.05) is 60.2 Å². The van der Waals surface area contributed by atoms with Crippen LogP contribution >= 0.6 is 0 Å². The molecule has 8 heteroatoms. The maximum absolute atomic E-state index is 12.7. The highest BCUT2D eigenvalue weighted by molar-refractivity contribution is 6.04. The minimum atomic E-state index is -1.54. The van der Waals surface area contributed by atoms with Gasteiger partial charge < -0.3 is 15.5 Å². The maximum Gasteiger partial charge on any atom is 0.327 e. The molecule has 152 valence electrons. The van der Waals surface area contributed by atoms with E-state index in [4.69, 9.17) is 5.11 Å². The number of nitrogens with one attached hydrogen (secondary N) is 1. The zero-order valence-corrected chi connectivity index (χ0v) is 15.9. The SMILES string of the molecule is Cc1ccc(CNC(=O)N(C(=O)CC(=O)O)[C@@H](Cc2ccccc2)C(=O)O)cc1. The highest BCUT2D eigenvalue weighted by Gasteiger charge is 2.35. The topological polar surface area (TPSA) is 124 Å². The van der Waals surface area contributed by atoms with E-state index in [1.807, 2.05) is 19.1 Å². The van der Waals surface area contributed by atoms with E-state index in [2.05, 4.69) is 5.32 Å². The molecule has 0 aliphatic heterocycles. The molecule has 0 unspecified atom stereocenters. The quantitative estimate of drug-likeness (QED) is 0.586. The molecule has 2 aromatic rings. The first-order valence-electron chi connectivity index (χ1n) is 8.92. The van der Waals surface area contributed by atoms with Crippen LogP contribution < -0.4 is 5.32 Å². The fourth-order valence-corrected chi connectivity index (χ4v) is 2.74. The highest BCUT2D eigenvalue weighted by atomic mass is 16.4. The van der Waals surface area contributed by atoms with Crippen molar-refractivity contribution in [3.05, 3.63) is 71.3 Å². The van der Waals surface area contributed by atoms with Crippen LogP contribution in [0, 0.1) is 6.92 Å². The van der Waals surface area contributed by atoms with Crippen molar-refractivity contribution in [3.8, 4) is 0 Å². The Hall–Kier alpha value is -3.68. The van der Waals surface area contributed by atoms with E-state index in [1.54, 1.807) is 42.5 Å². The summed E-state index contributed by atoms with van der Waals surface area (Å²) in [6.07, 6.45) is -1.13. The number of urea groups is 1. The number of carbonyl (C=O) groups excluding carboxylic acids is 2. The van der Waals surface area contributed by atoms with Gasteiger partial charge in [-0.3, -0.25) is 9.59 Å². The molecular weight excluding hydrogens is 376 g/mol. The first kappa shape index (κ1) is 21.6. The van der Waals surface area contributed by atoms with Crippen molar-refractivity contribution in [2.24, 2.45) is 0 Å². The molecule has 0 aliphatic rings. The molecule has 29 heavy (non-hydrogen) atoms. The second-order valence-electron chi connectivity index (χ2n) is 6.52. The number of rotatable bonds is 8. The molecule has 0 bridgehead atoms. The van der Waals surface area contributed by atoms with Gasteiger partial charge in [0.25, 0.3) is 0 Å². The monoisotopic (exact) mass is 398 g/mol. The largest absolute Gasteiger partial charge is 0.481 e. The third-order valence-corrected chi connectivity index (χ3v) is 4.22. The average molecular weight is 398 g/mol. The third kappa shape index (κ3) is 6.46. The van der Waals surface area contributed by atoms with Crippen molar-refractivity contribution >= 4 is 23.9 Å². The second-order valence-corrected chi connectivity index (χ2v) is 6.52. The molecule has 0 radical (unpaired) electrons. The van der Waals surface area contributed by atoms with Crippen LogP contribution in [0.1, 0.15) is 23.1 Å². The minimum absolute atomic E-state index is 0.0631. The van der Waals surface area contributed by atoms with Gasteiger partial charge in [0.15, 0.2) is 0 Å². The van der Waals surface area contributed by atoms with Crippen LogP contribution in [0.3, 0.4) is 0 Å². The number of amides is 3. The molecule has 0 aromatic heterocycles. The molecule has 3 N–H and O–H groups in total. The van der Waals surface area contributed by atoms with E-state index >= 15 is 0 Å². The van der Waals surface area contributed by atoms with E-state index in [1.165, 1.54) is 0 Å². The predicted octanol–water partition coefficient (Wildman–Crippen LogP) is 2.20. The minimum Gasteiger partial charge on any atom is -0.481 e. The van der Waals surface area contributed by atoms with Gasteiger partial charge in [-0.2, -0.15) is 0 Å². The summed E-state index contributed by atoms with van der Waals surface area (Å²) in [4.78, 5) is 48.4. The first-order valence-corrected chi connectivity index (χ1v) is 8.92. The lowest BCUT2D eigenvalue weighted by Crippen LogP contribution is -2.53. The number of aryl methyl sites for hydroxylation is 1. The number of nitrogens with zero attached hydrogens (tertiary/aromatic N) is 1. The molecule has 0 saturated heterocycles. The van der Waals surface area contributed by atoms with Gasteiger partial charge in [-0.25, -0.2) is 14.5 Å². The second kappa shape index (κ2) is 10.0. The lowest BCUT2D eigenvalue weighted by Gasteiger charge is -2.27. The van der Waals surface area contributed by atoms with Gasteiger partial charge in [-0.05, 0) is 18.1 Å². The zero-order valence-electron chi connectivity index (χ0n) is 15.9. The summed E-state index contributed by atoms with van der Waals surface area (Å²) < 4.78 is 0. The molecule has 0 spiro atoms. The summed E-state index contributed by atoms with van der Waals surface area (Å²) in [6, 6.07) is 13.3. The number of carbonyl (C=O) groups is 4. The normalized spacial score (nSPS) is 11.3.